The van der Waals surface area contributed by atoms with Gasteiger partial charge in [-0.05, 0) is 32.1 Å². The average Bonchev–Trinajstić information content (AvgIpc) is 2.53. The van der Waals surface area contributed by atoms with E-state index >= 15 is 0 Å². The number of rotatable bonds is 11. The van der Waals surface area contributed by atoms with Crippen LogP contribution in [0.1, 0.15) is 53.9 Å². The normalized spacial score (nSPS) is 15.7. The summed E-state index contributed by atoms with van der Waals surface area (Å²) >= 11 is 8.01. The van der Waals surface area contributed by atoms with Crippen molar-refractivity contribution < 1.29 is 19.4 Å². The third kappa shape index (κ3) is 14.0. The number of ether oxygens (including phenoxy) is 2. The molecule has 0 bridgehead atoms. The molecule has 0 aromatic carbocycles. The zero-order valence-electron chi connectivity index (χ0n) is 16.9. The van der Waals surface area contributed by atoms with Crippen molar-refractivity contribution in [2.24, 2.45) is 5.41 Å². The standard InChI is InChI=1S/C19H31NO4S3/c1-7-23-10-11-24-15(21)8-9-19(6,13-20)27-16(25)26-14-18(5,22)12-17(2,3)4/h7,22H,1,8-12,14H2,2-6H3. The van der Waals surface area contributed by atoms with E-state index in [4.69, 9.17) is 21.7 Å². The van der Waals surface area contributed by atoms with Gasteiger partial charge in [0.25, 0.3) is 0 Å². The summed E-state index contributed by atoms with van der Waals surface area (Å²) in [6.45, 7) is 13.6. The van der Waals surface area contributed by atoms with Crippen molar-refractivity contribution in [1.29, 1.82) is 5.26 Å². The van der Waals surface area contributed by atoms with E-state index in [1.54, 1.807) is 13.8 Å². The Morgan fingerprint density at radius 2 is 1.93 bits per heavy atom. The summed E-state index contributed by atoms with van der Waals surface area (Å²) in [7, 11) is 0. The fourth-order valence-electron chi connectivity index (χ4n) is 2.45. The number of esters is 1. The second kappa shape index (κ2) is 11.9. The van der Waals surface area contributed by atoms with Gasteiger partial charge in [-0.15, -0.1) is 11.8 Å². The van der Waals surface area contributed by atoms with Crippen LogP contribution in [0.25, 0.3) is 0 Å². The first-order chi connectivity index (χ1) is 12.3. The molecule has 0 heterocycles. The van der Waals surface area contributed by atoms with Gasteiger partial charge in [-0.25, -0.2) is 0 Å². The van der Waals surface area contributed by atoms with E-state index in [0.717, 1.165) is 0 Å². The Bertz CT molecular complexity index is 552. The zero-order valence-corrected chi connectivity index (χ0v) is 19.3. The van der Waals surface area contributed by atoms with Gasteiger partial charge in [-0.2, -0.15) is 5.26 Å². The number of nitriles is 1. The number of nitrogens with zero attached hydrogens (tertiary/aromatic N) is 1. The molecule has 27 heavy (non-hydrogen) atoms. The van der Waals surface area contributed by atoms with Crippen molar-refractivity contribution in [3.8, 4) is 6.07 Å². The van der Waals surface area contributed by atoms with Crippen LogP contribution in [0.4, 0.5) is 0 Å². The molecule has 8 heteroatoms. The number of aliphatic hydroxyl groups is 1. The number of thioether (sulfide) groups is 2. The van der Waals surface area contributed by atoms with Crippen LogP contribution in [0.15, 0.2) is 12.8 Å². The Kier molecular flexibility index (Phi) is 11.6. The lowest BCUT2D eigenvalue weighted by molar-refractivity contribution is -0.144. The van der Waals surface area contributed by atoms with Crippen LogP contribution in [0.3, 0.4) is 0 Å². The molecule has 0 aliphatic rings. The monoisotopic (exact) mass is 433 g/mol. The molecule has 0 aromatic heterocycles. The van der Waals surface area contributed by atoms with Gasteiger partial charge in [0.05, 0.1) is 17.9 Å². The third-order valence-electron chi connectivity index (χ3n) is 3.35. The topological polar surface area (TPSA) is 79.5 Å². The molecule has 0 aliphatic heterocycles. The molecule has 0 amide bonds. The van der Waals surface area contributed by atoms with Crippen LogP contribution in [-0.4, -0.2) is 43.9 Å². The Hall–Kier alpha value is -0.750. The summed E-state index contributed by atoms with van der Waals surface area (Å²) in [6, 6.07) is 2.23. The molecule has 154 valence electrons. The zero-order chi connectivity index (χ0) is 21.1. The molecule has 0 aromatic rings. The summed E-state index contributed by atoms with van der Waals surface area (Å²) in [5, 5.41) is 20.0. The van der Waals surface area contributed by atoms with Gasteiger partial charge in [0.15, 0.2) is 0 Å². The molecule has 5 nitrogen and oxygen atoms in total. The van der Waals surface area contributed by atoms with Crippen molar-refractivity contribution >= 4 is 45.2 Å². The number of hydrogen-bond acceptors (Lipinski definition) is 8. The first-order valence-electron chi connectivity index (χ1n) is 8.70. The first kappa shape index (κ1) is 26.2. The first-order valence-corrected chi connectivity index (χ1v) is 10.9. The van der Waals surface area contributed by atoms with E-state index in [2.05, 4.69) is 33.4 Å². The molecule has 2 atom stereocenters. The average molecular weight is 434 g/mol. The lowest BCUT2D eigenvalue weighted by atomic mass is 9.84. The van der Waals surface area contributed by atoms with Gasteiger partial charge in [-0.1, -0.05) is 51.3 Å². The van der Waals surface area contributed by atoms with Crippen LogP contribution >= 0.6 is 35.7 Å². The minimum Gasteiger partial charge on any atom is -0.498 e. The smallest absolute Gasteiger partial charge is 0.305 e. The summed E-state index contributed by atoms with van der Waals surface area (Å²) in [5.41, 5.74) is -0.828. The van der Waals surface area contributed by atoms with Crippen LogP contribution in [0, 0.1) is 16.7 Å². The number of carbonyl (C=O) groups is 1. The molecule has 0 aliphatic carbocycles. The van der Waals surface area contributed by atoms with E-state index in [9.17, 15) is 15.2 Å². The molecule has 0 spiro atoms. The number of thiocarbonyl (C=S) groups is 1. The van der Waals surface area contributed by atoms with Gasteiger partial charge in [-0.3, -0.25) is 4.79 Å². The van der Waals surface area contributed by atoms with Crippen LogP contribution in [-0.2, 0) is 14.3 Å². The van der Waals surface area contributed by atoms with Crippen molar-refractivity contribution in [2.45, 2.75) is 64.2 Å². The van der Waals surface area contributed by atoms with E-state index in [-0.39, 0.29) is 31.0 Å². The molecule has 0 fully saturated rings. The Morgan fingerprint density at radius 1 is 1.30 bits per heavy atom. The maximum absolute atomic E-state index is 11.8. The van der Waals surface area contributed by atoms with Gasteiger partial charge >= 0.3 is 5.97 Å². The minimum atomic E-state index is -0.839. The lowest BCUT2D eigenvalue weighted by Gasteiger charge is -2.31. The van der Waals surface area contributed by atoms with E-state index < -0.39 is 10.3 Å². The molecule has 0 saturated carbocycles. The highest BCUT2D eigenvalue weighted by atomic mass is 32.2. The Labute approximate surface area is 177 Å². The molecule has 0 saturated heterocycles. The van der Waals surface area contributed by atoms with Crippen LogP contribution < -0.4 is 0 Å². The van der Waals surface area contributed by atoms with Crippen LogP contribution in [0.5, 0.6) is 0 Å². The highest BCUT2D eigenvalue weighted by Crippen LogP contribution is 2.37. The van der Waals surface area contributed by atoms with Crippen molar-refractivity contribution in [3.63, 3.8) is 0 Å². The van der Waals surface area contributed by atoms with Crippen molar-refractivity contribution in [3.05, 3.63) is 12.8 Å². The molecular weight excluding hydrogens is 402 g/mol. The number of carbonyl (C=O) groups excluding carboxylic acids is 1. The van der Waals surface area contributed by atoms with E-state index in [1.165, 1.54) is 29.8 Å². The third-order valence-corrected chi connectivity index (χ3v) is 6.47. The van der Waals surface area contributed by atoms with Gasteiger partial charge in [0.1, 0.15) is 21.5 Å². The summed E-state index contributed by atoms with van der Waals surface area (Å²) in [5.74, 6) is 0.0830. The maximum Gasteiger partial charge on any atom is 0.305 e. The number of hydrogen-bond donors (Lipinski definition) is 1. The highest BCUT2D eigenvalue weighted by molar-refractivity contribution is 8.47. The molecule has 0 radical (unpaired) electrons. The minimum absolute atomic E-state index is 0.0110. The van der Waals surface area contributed by atoms with E-state index in [1.807, 2.05) is 0 Å². The fraction of sp³-hybridized carbons (Fsp3) is 0.737. The highest BCUT2D eigenvalue weighted by Gasteiger charge is 2.31. The summed E-state index contributed by atoms with van der Waals surface area (Å²) in [6.07, 6.45) is 2.39. The predicted octanol–water partition coefficient (Wildman–Crippen LogP) is 4.69. The second-order valence-electron chi connectivity index (χ2n) is 7.98. The van der Waals surface area contributed by atoms with Crippen molar-refractivity contribution in [1.82, 2.24) is 0 Å². The van der Waals surface area contributed by atoms with E-state index in [0.29, 0.717) is 22.1 Å². The quantitative estimate of drug-likeness (QED) is 0.218. The van der Waals surface area contributed by atoms with Gasteiger partial charge in [0, 0.05) is 12.2 Å². The molecular formula is C19H31NO4S3. The van der Waals surface area contributed by atoms with Gasteiger partial charge in [0.2, 0.25) is 0 Å². The lowest BCUT2D eigenvalue weighted by Crippen LogP contribution is -2.33. The maximum atomic E-state index is 11.8. The Balaban J connectivity index is 4.42. The largest absolute Gasteiger partial charge is 0.498 e. The second-order valence-corrected chi connectivity index (χ2v) is 11.7. The molecule has 2 unspecified atom stereocenters. The molecule has 0 rings (SSSR count). The summed E-state index contributed by atoms with van der Waals surface area (Å²) in [4.78, 5) is 11.8. The Morgan fingerprint density at radius 3 is 2.44 bits per heavy atom. The SMILES string of the molecule is C=COCCOC(=O)CCC(C)(C#N)SC(=S)SCC(C)(O)CC(C)(C)C. The predicted molar refractivity (Wildman–Crippen MR) is 118 cm³/mol. The fourth-order valence-corrected chi connectivity index (χ4v) is 5.29. The molecule has 1 N–H and O–H groups in total. The summed E-state index contributed by atoms with van der Waals surface area (Å²) < 4.78 is 9.66. The van der Waals surface area contributed by atoms with Gasteiger partial charge < -0.3 is 14.6 Å². The van der Waals surface area contributed by atoms with Crippen LogP contribution in [0.2, 0.25) is 0 Å². The van der Waals surface area contributed by atoms with Crippen molar-refractivity contribution in [2.75, 3.05) is 19.0 Å².